The molecule has 11 atom stereocenters. The molecule has 18 nitrogen and oxygen atoms in total. The van der Waals surface area contributed by atoms with Gasteiger partial charge in [-0.2, -0.15) is 0 Å². The van der Waals surface area contributed by atoms with Gasteiger partial charge in [0, 0.05) is 40.8 Å². The van der Waals surface area contributed by atoms with Gasteiger partial charge in [-0.05, 0) is 38.8 Å². The average Bonchev–Trinajstić information content (AvgIpc) is 3.29. The summed E-state index contributed by atoms with van der Waals surface area (Å²) in [5.41, 5.74) is -10.0. The highest BCUT2D eigenvalue weighted by Crippen LogP contribution is 2.68. The molecule has 4 aliphatic rings. The molecule has 1 N–H and O–H groups in total. The van der Waals surface area contributed by atoms with E-state index in [1.54, 1.807) is 0 Å². The molecule has 18 heteroatoms. The monoisotopic (exact) mass is 761 g/mol. The molecule has 0 radical (unpaired) electrons. The van der Waals surface area contributed by atoms with Gasteiger partial charge in [0.25, 0.3) is 0 Å². The van der Waals surface area contributed by atoms with Crippen LogP contribution in [0.5, 0.6) is 0 Å². The molecule has 5 rings (SSSR count). The Balaban J connectivity index is 1.94. The average molecular weight is 762 g/mol. The van der Waals surface area contributed by atoms with Gasteiger partial charge in [0.05, 0.1) is 23.1 Å². The number of carbonyl (C=O) groups excluding carboxylic acids is 8. The molecule has 54 heavy (non-hydrogen) atoms. The number of hydrogen-bond donors (Lipinski definition) is 1. The summed E-state index contributed by atoms with van der Waals surface area (Å²) in [5.74, 6) is -10.9. The lowest BCUT2D eigenvalue weighted by Crippen LogP contribution is -2.88. The summed E-state index contributed by atoms with van der Waals surface area (Å²) >= 11 is 0. The van der Waals surface area contributed by atoms with Crippen molar-refractivity contribution in [1.82, 2.24) is 4.98 Å². The van der Waals surface area contributed by atoms with E-state index in [0.717, 1.165) is 41.5 Å². The van der Waals surface area contributed by atoms with Gasteiger partial charge in [-0.25, -0.2) is 4.79 Å². The number of rotatable bonds is 6. The van der Waals surface area contributed by atoms with Crippen LogP contribution in [-0.4, -0.2) is 118 Å². The molecular weight excluding hydrogens is 718 g/mol. The van der Waals surface area contributed by atoms with Gasteiger partial charge < -0.3 is 43.0 Å². The number of pyridine rings is 1. The van der Waals surface area contributed by atoms with Crippen LogP contribution in [0, 0.1) is 17.3 Å². The Bertz CT molecular complexity index is 1770. The summed E-state index contributed by atoms with van der Waals surface area (Å²) in [5, 5.41) is 13.2. The van der Waals surface area contributed by atoms with Crippen molar-refractivity contribution in [2.24, 2.45) is 17.3 Å². The number of aryl methyl sites for hydroxylation is 1. The molecule has 294 valence electrons. The number of hydrogen-bond acceptors (Lipinski definition) is 18. The predicted molar refractivity (Wildman–Crippen MR) is 175 cm³/mol. The number of cyclic esters (lactones) is 1. The lowest BCUT2D eigenvalue weighted by Gasteiger charge is -2.66. The van der Waals surface area contributed by atoms with Crippen LogP contribution < -0.4 is 0 Å². The normalized spacial score (nSPS) is 37.3. The van der Waals surface area contributed by atoms with E-state index in [2.05, 4.69) is 4.98 Å². The van der Waals surface area contributed by atoms with Gasteiger partial charge in [0.15, 0.2) is 35.8 Å². The number of ether oxygens (including phenoxy) is 8. The Labute approximate surface area is 309 Å². The number of carbonyl (C=O) groups is 8. The number of nitrogens with zero attached hydrogens (tertiary/aromatic N) is 1. The van der Waals surface area contributed by atoms with E-state index < -0.39 is 125 Å². The maximum Gasteiger partial charge on any atom is 0.340 e. The maximum absolute atomic E-state index is 15.1. The quantitative estimate of drug-likeness (QED) is 0.306. The first-order valence-electron chi connectivity index (χ1n) is 17.2. The van der Waals surface area contributed by atoms with Gasteiger partial charge in [0.1, 0.15) is 35.9 Å². The minimum absolute atomic E-state index is 0.0242. The van der Waals surface area contributed by atoms with Crippen LogP contribution in [0.2, 0.25) is 0 Å². The van der Waals surface area contributed by atoms with Crippen LogP contribution in [0.15, 0.2) is 18.3 Å². The molecule has 1 spiro atoms. The van der Waals surface area contributed by atoms with E-state index in [-0.39, 0.29) is 24.1 Å². The fraction of sp³-hybridized carbons (Fsp3) is 0.639. The number of aromatic nitrogens is 1. The molecule has 1 aromatic rings. The SMILES string of the molecule is CC(=O)OC[C@]12[C@H](OC(C)=O)[C@@H](OC(C)=O)[C@@H]3OC(=O)[C@H](C)CCc4ncccc4C(=O)OC[C@]4(C)O[C@]1([C@H](OC(C)=O)[C@@H]4C(=O)[C@@H]2OC(C)=O)[C@]3(C)O. The third-order valence-corrected chi connectivity index (χ3v) is 10.6. The van der Waals surface area contributed by atoms with E-state index in [4.69, 9.17) is 37.9 Å². The molecule has 1 aromatic heterocycles. The first kappa shape index (κ1) is 40.2. The summed E-state index contributed by atoms with van der Waals surface area (Å²) in [7, 11) is 0. The van der Waals surface area contributed by atoms with Crippen molar-refractivity contribution < 1.29 is 81.4 Å². The Morgan fingerprint density at radius 3 is 2.09 bits per heavy atom. The van der Waals surface area contributed by atoms with Crippen molar-refractivity contribution in [3.05, 3.63) is 29.6 Å². The number of fused-ring (bicyclic) bond motifs is 5. The molecular formula is C36H43NO17. The van der Waals surface area contributed by atoms with E-state index in [9.17, 15) is 38.7 Å². The molecule has 0 amide bonds. The molecule has 4 bridgehead atoms. The fourth-order valence-electron chi connectivity index (χ4n) is 8.61. The molecule has 2 aliphatic heterocycles. The van der Waals surface area contributed by atoms with Gasteiger partial charge in [0.2, 0.25) is 0 Å². The number of aliphatic hydroxyl groups is 1. The van der Waals surface area contributed by atoms with Crippen molar-refractivity contribution in [2.75, 3.05) is 13.2 Å². The van der Waals surface area contributed by atoms with Gasteiger partial charge in [-0.15, -0.1) is 0 Å². The van der Waals surface area contributed by atoms with Crippen LogP contribution >= 0.6 is 0 Å². The Morgan fingerprint density at radius 2 is 1.50 bits per heavy atom. The second-order valence-corrected chi connectivity index (χ2v) is 14.5. The highest BCUT2D eigenvalue weighted by molar-refractivity contribution is 5.94. The van der Waals surface area contributed by atoms with E-state index >= 15 is 4.79 Å². The molecule has 3 fully saturated rings. The second-order valence-electron chi connectivity index (χ2n) is 14.5. The molecule has 2 aliphatic carbocycles. The van der Waals surface area contributed by atoms with Crippen molar-refractivity contribution in [2.45, 2.75) is 116 Å². The highest BCUT2D eigenvalue weighted by atomic mass is 16.7. The Hall–Kier alpha value is -4.97. The van der Waals surface area contributed by atoms with E-state index in [1.165, 1.54) is 32.2 Å². The fourth-order valence-corrected chi connectivity index (χ4v) is 8.61. The summed E-state index contributed by atoms with van der Waals surface area (Å²) < 4.78 is 47.2. The van der Waals surface area contributed by atoms with E-state index in [0.29, 0.717) is 0 Å². The zero-order valence-corrected chi connectivity index (χ0v) is 31.0. The highest BCUT2D eigenvalue weighted by Gasteiger charge is 2.91. The van der Waals surface area contributed by atoms with Crippen LogP contribution in [0.1, 0.15) is 77.9 Å². The predicted octanol–water partition coefficient (Wildman–Crippen LogP) is 0.500. The second kappa shape index (κ2) is 14.4. The summed E-state index contributed by atoms with van der Waals surface area (Å²) in [4.78, 5) is 111. The first-order chi connectivity index (χ1) is 25.1. The number of Topliss-reactive ketones (excluding diaryl/α,β-unsaturated/α-hetero) is 1. The molecule has 1 saturated heterocycles. The van der Waals surface area contributed by atoms with Gasteiger partial charge in [-0.1, -0.05) is 6.92 Å². The summed E-state index contributed by atoms with van der Waals surface area (Å²) in [6.45, 7) is 6.87. The maximum atomic E-state index is 15.1. The first-order valence-corrected chi connectivity index (χ1v) is 17.2. The smallest absolute Gasteiger partial charge is 0.340 e. The largest absolute Gasteiger partial charge is 0.465 e. The third kappa shape index (κ3) is 6.37. The minimum Gasteiger partial charge on any atom is -0.465 e. The number of esters is 7. The molecule has 3 heterocycles. The minimum atomic E-state index is -2.80. The van der Waals surface area contributed by atoms with Crippen LogP contribution in [-0.2, 0) is 77.9 Å². The Morgan fingerprint density at radius 1 is 0.889 bits per heavy atom. The summed E-state index contributed by atoms with van der Waals surface area (Å²) in [6.07, 6.45) is -8.78. The van der Waals surface area contributed by atoms with Gasteiger partial charge >= 0.3 is 41.8 Å². The standard InChI is InChI=1S/C36H43NO17/c1-16-11-12-23-22(10-9-13-37-23)32(45)48-14-33(7)24-25(43)28(51-20(5)41)35(15-47-17(2)38)30(52-21(6)42)26(49-18(3)39)29(53-31(16)44)34(8,46)36(35,54-33)27(24)50-19(4)40/h9-10,13,16,24,26-30,46H,11-12,14-15H2,1-8H3/t16-,24+,26+,27-,28+,29+,30-,33+,34-,35+,36-/m1/s1. The molecule has 0 unspecified atom stereocenters. The van der Waals surface area contributed by atoms with E-state index in [1.807, 2.05) is 0 Å². The van der Waals surface area contributed by atoms with Crippen molar-refractivity contribution in [3.63, 3.8) is 0 Å². The zero-order valence-electron chi connectivity index (χ0n) is 31.0. The zero-order chi connectivity index (χ0) is 40.1. The number of ketones is 1. The summed E-state index contributed by atoms with van der Waals surface area (Å²) in [6, 6.07) is 2.93. The Kier molecular flexibility index (Phi) is 10.7. The van der Waals surface area contributed by atoms with Crippen molar-refractivity contribution >= 4 is 47.6 Å². The van der Waals surface area contributed by atoms with Gasteiger partial charge in [-0.3, -0.25) is 38.5 Å². The van der Waals surface area contributed by atoms with Crippen LogP contribution in [0.3, 0.4) is 0 Å². The lowest BCUT2D eigenvalue weighted by atomic mass is 9.45. The van der Waals surface area contributed by atoms with Crippen LogP contribution in [0.25, 0.3) is 0 Å². The van der Waals surface area contributed by atoms with Crippen LogP contribution in [0.4, 0.5) is 0 Å². The molecule has 2 saturated carbocycles. The van der Waals surface area contributed by atoms with Crippen molar-refractivity contribution in [1.29, 1.82) is 0 Å². The lowest BCUT2D eigenvalue weighted by molar-refractivity contribution is -0.376. The molecule has 0 aromatic carbocycles. The third-order valence-electron chi connectivity index (χ3n) is 10.6. The van der Waals surface area contributed by atoms with Crippen molar-refractivity contribution in [3.8, 4) is 0 Å². The topological polar surface area (TPSA) is 244 Å².